The van der Waals surface area contributed by atoms with E-state index in [1.165, 1.54) is 31.4 Å². The van der Waals surface area contributed by atoms with Crippen LogP contribution in [-0.4, -0.2) is 32.5 Å². The van der Waals surface area contributed by atoms with Gasteiger partial charge in [0.1, 0.15) is 0 Å². The van der Waals surface area contributed by atoms with Crippen LogP contribution >= 0.6 is 0 Å². The summed E-state index contributed by atoms with van der Waals surface area (Å²) < 4.78 is 29.3. The maximum Gasteiger partial charge on any atom is 0.340 e. The molecule has 0 aliphatic heterocycles. The van der Waals surface area contributed by atoms with Crippen molar-refractivity contribution < 1.29 is 22.7 Å². The van der Waals surface area contributed by atoms with Crippen molar-refractivity contribution in [2.24, 2.45) is 23.2 Å². The van der Waals surface area contributed by atoms with E-state index in [0.29, 0.717) is 17.8 Å². The Morgan fingerprint density at radius 2 is 1.56 bits per heavy atom. The van der Waals surface area contributed by atoms with Crippen molar-refractivity contribution in [3.05, 3.63) is 29.8 Å². The molecular weight excluding hydrogens is 364 g/mol. The molecule has 27 heavy (non-hydrogen) atoms. The third kappa shape index (κ3) is 3.33. The summed E-state index contributed by atoms with van der Waals surface area (Å²) in [5.41, 5.74) is -0.352. The van der Waals surface area contributed by atoms with E-state index in [1.807, 2.05) is 0 Å². The first kappa shape index (κ1) is 18.7. The zero-order chi connectivity index (χ0) is 19.4. The lowest BCUT2D eigenvalue weighted by Crippen LogP contribution is -2.52. The maximum absolute atomic E-state index is 13.2. The number of rotatable bonds is 5. The molecule has 5 rings (SSSR count). The van der Waals surface area contributed by atoms with Gasteiger partial charge in [-0.3, -0.25) is 4.79 Å². The van der Waals surface area contributed by atoms with Crippen LogP contribution in [0.25, 0.3) is 0 Å². The molecule has 0 unspecified atom stereocenters. The molecule has 1 aromatic rings. The van der Waals surface area contributed by atoms with Crippen LogP contribution in [0.2, 0.25) is 0 Å². The first-order valence-electron chi connectivity index (χ1n) is 9.72. The highest BCUT2D eigenvalue weighted by atomic mass is 32.2. The van der Waals surface area contributed by atoms with E-state index in [2.05, 4.69) is 0 Å². The average Bonchev–Trinajstić information content (AvgIpc) is 2.59. The molecule has 0 saturated heterocycles. The monoisotopic (exact) mass is 390 g/mol. The van der Waals surface area contributed by atoms with Crippen molar-refractivity contribution in [1.29, 1.82) is 0 Å². The number of esters is 1. The van der Waals surface area contributed by atoms with E-state index in [-0.39, 0.29) is 21.7 Å². The number of ketones is 1. The van der Waals surface area contributed by atoms with Gasteiger partial charge in [0.2, 0.25) is 0 Å². The fourth-order valence-corrected chi connectivity index (χ4v) is 6.96. The number of carbonyl (C=O) groups is 2. The lowest BCUT2D eigenvalue weighted by Gasteiger charge is -2.56. The van der Waals surface area contributed by atoms with Crippen molar-refractivity contribution in [1.82, 2.24) is 0 Å². The molecule has 0 amide bonds. The Bertz CT molecular complexity index is 850. The van der Waals surface area contributed by atoms with Crippen LogP contribution in [0.4, 0.5) is 0 Å². The third-order valence-corrected chi connectivity index (χ3v) is 7.88. The second-order valence-electron chi connectivity index (χ2n) is 8.88. The fourth-order valence-electron chi connectivity index (χ4n) is 6.08. The van der Waals surface area contributed by atoms with Crippen molar-refractivity contribution in [3.8, 4) is 0 Å². The number of carbonyl (C=O) groups excluding carboxylic acids is 2. The first-order chi connectivity index (χ1) is 12.7. The smallest absolute Gasteiger partial charge is 0.340 e. The van der Waals surface area contributed by atoms with Gasteiger partial charge in [-0.05, 0) is 75.3 Å². The van der Waals surface area contributed by atoms with Crippen LogP contribution in [0.5, 0.6) is 0 Å². The molecule has 0 spiro atoms. The maximum atomic E-state index is 13.2. The fraction of sp³-hybridized carbons (Fsp3) is 0.619. The van der Waals surface area contributed by atoms with Gasteiger partial charge in [-0.1, -0.05) is 12.1 Å². The predicted molar refractivity (Wildman–Crippen MR) is 100 cm³/mol. The zero-order valence-electron chi connectivity index (χ0n) is 15.8. The lowest BCUT2D eigenvalue weighted by atomic mass is 9.48. The molecule has 1 aromatic carbocycles. The lowest BCUT2D eigenvalue weighted by molar-refractivity contribution is -0.152. The molecular formula is C21H26O5S. The molecule has 4 aliphatic carbocycles. The van der Waals surface area contributed by atoms with Crippen molar-refractivity contribution in [2.75, 3.05) is 6.26 Å². The van der Waals surface area contributed by atoms with Gasteiger partial charge in [-0.2, -0.15) is 0 Å². The molecule has 146 valence electrons. The van der Waals surface area contributed by atoms with E-state index in [4.69, 9.17) is 4.74 Å². The molecule has 1 atom stereocenters. The summed E-state index contributed by atoms with van der Waals surface area (Å²) >= 11 is 0. The van der Waals surface area contributed by atoms with Crippen LogP contribution in [-0.2, 0) is 19.4 Å². The van der Waals surface area contributed by atoms with Crippen LogP contribution in [0, 0.1) is 23.2 Å². The Morgan fingerprint density at radius 1 is 1.04 bits per heavy atom. The molecule has 5 nitrogen and oxygen atoms in total. The average molecular weight is 391 g/mol. The molecule has 0 N–H and O–H groups in total. The predicted octanol–water partition coefficient (Wildman–Crippen LogP) is 3.42. The first-order valence-corrected chi connectivity index (χ1v) is 11.6. The normalized spacial score (nSPS) is 32.9. The van der Waals surface area contributed by atoms with E-state index < -0.39 is 21.9 Å². The van der Waals surface area contributed by atoms with Gasteiger partial charge in [-0.25, -0.2) is 13.2 Å². The van der Waals surface area contributed by atoms with Crippen molar-refractivity contribution in [2.45, 2.75) is 56.4 Å². The van der Waals surface area contributed by atoms with Crippen LogP contribution in [0.1, 0.15) is 55.8 Å². The van der Waals surface area contributed by atoms with E-state index in [1.54, 1.807) is 19.1 Å². The summed E-state index contributed by atoms with van der Waals surface area (Å²) in [5.74, 6) is 1.17. The van der Waals surface area contributed by atoms with Gasteiger partial charge in [0.25, 0.3) is 0 Å². The van der Waals surface area contributed by atoms with Gasteiger partial charge in [0, 0.05) is 11.7 Å². The van der Waals surface area contributed by atoms with Gasteiger partial charge >= 0.3 is 5.97 Å². The summed E-state index contributed by atoms with van der Waals surface area (Å²) in [6.07, 6.45) is 6.66. The molecule has 4 fully saturated rings. The van der Waals surface area contributed by atoms with E-state index in [0.717, 1.165) is 25.5 Å². The summed E-state index contributed by atoms with van der Waals surface area (Å²) in [4.78, 5) is 25.8. The zero-order valence-corrected chi connectivity index (χ0v) is 16.6. The standard InChI is InChI=1S/C21H26O5S/c1-13(26-20(23)17-5-3-4-6-18(17)27(2,24)25)19(22)21-10-14-7-15(11-21)9-16(8-14)12-21/h3-6,13-16H,7-12H2,1-2H3/t13-,14?,15?,16?,21?/m1/s1. The van der Waals surface area contributed by atoms with Gasteiger partial charge in [0.05, 0.1) is 10.5 Å². The largest absolute Gasteiger partial charge is 0.451 e. The van der Waals surface area contributed by atoms with Crippen LogP contribution in [0.15, 0.2) is 29.2 Å². The molecule has 6 heteroatoms. The Morgan fingerprint density at radius 3 is 2.07 bits per heavy atom. The van der Waals surface area contributed by atoms with Gasteiger partial charge in [0.15, 0.2) is 21.7 Å². The van der Waals surface area contributed by atoms with Crippen LogP contribution in [0.3, 0.4) is 0 Å². The quantitative estimate of drug-likeness (QED) is 0.720. The number of Topliss-reactive ketones (excluding diaryl/α,β-unsaturated/α-hetero) is 1. The minimum absolute atomic E-state index is 0.00911. The highest BCUT2D eigenvalue weighted by Crippen LogP contribution is 2.60. The Hall–Kier alpha value is -1.69. The summed E-state index contributed by atoms with van der Waals surface area (Å²) in [5, 5.41) is 0. The highest BCUT2D eigenvalue weighted by Gasteiger charge is 2.55. The van der Waals surface area contributed by atoms with Crippen LogP contribution < -0.4 is 0 Å². The number of sulfone groups is 1. The topological polar surface area (TPSA) is 77.5 Å². The highest BCUT2D eigenvalue weighted by molar-refractivity contribution is 7.90. The number of benzene rings is 1. The van der Waals surface area contributed by atoms with E-state index >= 15 is 0 Å². The minimum Gasteiger partial charge on any atom is -0.451 e. The van der Waals surface area contributed by atoms with Gasteiger partial charge in [-0.15, -0.1) is 0 Å². The number of ether oxygens (including phenoxy) is 1. The summed E-state index contributed by atoms with van der Waals surface area (Å²) in [6.45, 7) is 1.63. The van der Waals surface area contributed by atoms with E-state index in [9.17, 15) is 18.0 Å². The van der Waals surface area contributed by atoms with Crippen molar-refractivity contribution >= 4 is 21.6 Å². The summed E-state index contributed by atoms with van der Waals surface area (Å²) in [7, 11) is -3.56. The Kier molecular flexibility index (Phi) is 4.45. The summed E-state index contributed by atoms with van der Waals surface area (Å²) in [6, 6.07) is 5.98. The number of hydrogen-bond acceptors (Lipinski definition) is 5. The molecule has 4 saturated carbocycles. The Labute approximate surface area is 160 Å². The molecule has 0 heterocycles. The number of hydrogen-bond donors (Lipinski definition) is 0. The van der Waals surface area contributed by atoms with Gasteiger partial charge < -0.3 is 4.74 Å². The Balaban J connectivity index is 1.52. The second kappa shape index (κ2) is 6.43. The third-order valence-electron chi connectivity index (χ3n) is 6.72. The molecule has 4 bridgehead atoms. The minimum atomic E-state index is -3.56. The molecule has 0 aromatic heterocycles. The second-order valence-corrected chi connectivity index (χ2v) is 10.9. The molecule has 0 radical (unpaired) electrons. The van der Waals surface area contributed by atoms with Crippen molar-refractivity contribution in [3.63, 3.8) is 0 Å². The SMILES string of the molecule is C[C@@H](OC(=O)c1ccccc1S(C)(=O)=O)C(=O)C12CC3CC(CC(C3)C1)C2. The molecule has 4 aliphatic rings.